The van der Waals surface area contributed by atoms with E-state index in [0.29, 0.717) is 45.3 Å². The lowest BCUT2D eigenvalue weighted by Crippen LogP contribution is -2.66. The molecule has 0 aromatic rings. The summed E-state index contributed by atoms with van der Waals surface area (Å²) in [4.78, 5) is 0. The van der Waals surface area contributed by atoms with Gasteiger partial charge in [0.05, 0.1) is 12.2 Å². The first kappa shape index (κ1) is 32.2. The molecule has 5 saturated carbocycles. The third-order valence-electron chi connectivity index (χ3n) is 16.3. The van der Waals surface area contributed by atoms with Crippen LogP contribution < -0.4 is 5.73 Å². The molecule has 0 aliphatic heterocycles. The second-order valence-electron chi connectivity index (χ2n) is 17.8. The van der Waals surface area contributed by atoms with Gasteiger partial charge in [-0.05, 0) is 139 Å². The highest BCUT2D eigenvalue weighted by Gasteiger charge is 2.70. The standard InChI is InChI=1S/C36H65NO4/c1-21(19-25(38)30(40)31(41)26(39)20-37)23-12-16-33(5)24(23)13-17-35(7)28(33)9-10-29-34(6)15-11-22(2)32(3,4)27(34)14-18-36(29,35)8/h21-31,38-41H,9-20,37H2,1-8H3. The summed E-state index contributed by atoms with van der Waals surface area (Å²) in [6, 6.07) is 0. The van der Waals surface area contributed by atoms with Gasteiger partial charge in [-0.2, -0.15) is 0 Å². The first-order chi connectivity index (χ1) is 19.0. The average molecular weight is 576 g/mol. The van der Waals surface area contributed by atoms with Gasteiger partial charge in [0.1, 0.15) is 12.2 Å². The fraction of sp³-hybridized carbons (Fsp3) is 1.00. The van der Waals surface area contributed by atoms with Crippen LogP contribution in [0.25, 0.3) is 0 Å². The van der Waals surface area contributed by atoms with Crippen molar-refractivity contribution in [3.63, 3.8) is 0 Å². The zero-order chi connectivity index (χ0) is 30.3. The summed E-state index contributed by atoms with van der Waals surface area (Å²) >= 11 is 0. The summed E-state index contributed by atoms with van der Waals surface area (Å²) in [6.45, 7) is 20.6. The molecule has 238 valence electrons. The molecule has 0 saturated heterocycles. The van der Waals surface area contributed by atoms with Crippen molar-refractivity contribution in [1.82, 2.24) is 0 Å². The van der Waals surface area contributed by atoms with Crippen LogP contribution in [0, 0.1) is 68.5 Å². The monoisotopic (exact) mass is 575 g/mol. The van der Waals surface area contributed by atoms with Gasteiger partial charge in [0, 0.05) is 6.54 Å². The van der Waals surface area contributed by atoms with Crippen LogP contribution in [0.3, 0.4) is 0 Å². The minimum absolute atomic E-state index is 0.139. The normalized spacial score (nSPS) is 50.9. The van der Waals surface area contributed by atoms with Gasteiger partial charge in [-0.15, -0.1) is 0 Å². The molecule has 15 unspecified atom stereocenters. The molecule has 5 fully saturated rings. The van der Waals surface area contributed by atoms with E-state index < -0.39 is 24.4 Å². The SMILES string of the molecule is CC(CC(O)C(O)C(O)C(O)CN)C1CCC2(C)C1CCC1(C)C2CCC2C3(C)CCC(C)C(C)(C)C3CCC21C. The number of hydrogen-bond donors (Lipinski definition) is 5. The summed E-state index contributed by atoms with van der Waals surface area (Å²) in [5.41, 5.74) is 7.46. The molecule has 0 spiro atoms. The molecule has 5 aliphatic rings. The van der Waals surface area contributed by atoms with Crippen LogP contribution in [0.2, 0.25) is 0 Å². The predicted octanol–water partition coefficient (Wildman–Crippen LogP) is 6.15. The Labute approximate surface area is 251 Å². The first-order valence-corrected chi connectivity index (χ1v) is 17.4. The summed E-state index contributed by atoms with van der Waals surface area (Å²) in [7, 11) is 0. The number of aliphatic hydroxyl groups is 4. The highest BCUT2D eigenvalue weighted by molar-refractivity contribution is 5.19. The zero-order valence-electron chi connectivity index (χ0n) is 27.7. The fourth-order valence-corrected chi connectivity index (χ4v) is 13.4. The molecule has 41 heavy (non-hydrogen) atoms. The topological polar surface area (TPSA) is 107 Å². The molecule has 0 bridgehead atoms. The molecule has 0 radical (unpaired) electrons. The Hall–Kier alpha value is -0.200. The minimum atomic E-state index is -1.42. The van der Waals surface area contributed by atoms with Crippen molar-refractivity contribution in [1.29, 1.82) is 0 Å². The van der Waals surface area contributed by atoms with E-state index in [9.17, 15) is 20.4 Å². The van der Waals surface area contributed by atoms with Crippen LogP contribution in [0.4, 0.5) is 0 Å². The molecule has 5 nitrogen and oxygen atoms in total. The Bertz CT molecular complexity index is 956. The Kier molecular flexibility index (Phi) is 8.41. The molecule has 0 aromatic heterocycles. The Morgan fingerprint density at radius 3 is 1.80 bits per heavy atom. The second kappa shape index (κ2) is 10.7. The van der Waals surface area contributed by atoms with Crippen LogP contribution in [-0.2, 0) is 0 Å². The van der Waals surface area contributed by atoms with Gasteiger partial charge in [-0.25, -0.2) is 0 Å². The molecule has 5 aliphatic carbocycles. The molecule has 15 atom stereocenters. The van der Waals surface area contributed by atoms with Crippen molar-refractivity contribution in [2.75, 3.05) is 6.54 Å². The number of rotatable bonds is 7. The van der Waals surface area contributed by atoms with E-state index in [1.807, 2.05) is 0 Å². The highest BCUT2D eigenvalue weighted by atomic mass is 16.4. The van der Waals surface area contributed by atoms with Gasteiger partial charge in [0.25, 0.3) is 0 Å². The van der Waals surface area contributed by atoms with Crippen molar-refractivity contribution in [2.45, 2.75) is 150 Å². The summed E-state index contributed by atoms with van der Waals surface area (Å²) in [5, 5.41) is 41.5. The first-order valence-electron chi connectivity index (χ1n) is 17.4. The molecular formula is C36H65NO4. The molecular weight excluding hydrogens is 510 g/mol. The molecule has 0 amide bonds. The lowest BCUT2D eigenvalue weighted by molar-refractivity contribution is -0.246. The average Bonchev–Trinajstić information content (AvgIpc) is 3.27. The van der Waals surface area contributed by atoms with Crippen molar-refractivity contribution in [3.05, 3.63) is 0 Å². The predicted molar refractivity (Wildman–Crippen MR) is 166 cm³/mol. The van der Waals surface area contributed by atoms with Crippen LogP contribution in [0.5, 0.6) is 0 Å². The largest absolute Gasteiger partial charge is 0.390 e. The van der Waals surface area contributed by atoms with E-state index >= 15 is 0 Å². The van der Waals surface area contributed by atoms with Gasteiger partial charge in [-0.1, -0.05) is 55.4 Å². The Morgan fingerprint density at radius 1 is 0.659 bits per heavy atom. The minimum Gasteiger partial charge on any atom is -0.390 e. The Balaban J connectivity index is 1.34. The van der Waals surface area contributed by atoms with E-state index in [4.69, 9.17) is 5.73 Å². The van der Waals surface area contributed by atoms with Gasteiger partial charge < -0.3 is 26.2 Å². The number of hydrogen-bond acceptors (Lipinski definition) is 5. The molecule has 6 N–H and O–H groups in total. The summed E-state index contributed by atoms with van der Waals surface area (Å²) in [6.07, 6.45) is 8.77. The maximum atomic E-state index is 10.8. The maximum absolute atomic E-state index is 10.8. The van der Waals surface area contributed by atoms with Crippen LogP contribution in [0.1, 0.15) is 126 Å². The lowest BCUT2D eigenvalue weighted by Gasteiger charge is -2.73. The third-order valence-corrected chi connectivity index (χ3v) is 16.3. The van der Waals surface area contributed by atoms with Crippen molar-refractivity contribution < 1.29 is 20.4 Å². The second-order valence-corrected chi connectivity index (χ2v) is 17.8. The smallest absolute Gasteiger partial charge is 0.109 e. The number of aliphatic hydroxyl groups excluding tert-OH is 4. The molecule has 5 heteroatoms. The zero-order valence-corrected chi connectivity index (χ0v) is 27.7. The summed E-state index contributed by atoms with van der Waals surface area (Å²) in [5.74, 6) is 4.67. The van der Waals surface area contributed by atoms with E-state index in [-0.39, 0.29) is 12.5 Å². The van der Waals surface area contributed by atoms with Crippen molar-refractivity contribution in [2.24, 2.45) is 74.2 Å². The quantitative estimate of drug-likeness (QED) is 0.250. The van der Waals surface area contributed by atoms with Gasteiger partial charge in [-0.3, -0.25) is 0 Å². The molecule has 0 heterocycles. The van der Waals surface area contributed by atoms with E-state index in [1.54, 1.807) is 0 Å². The lowest BCUT2D eigenvalue weighted by atomic mass is 9.31. The Morgan fingerprint density at radius 2 is 1.20 bits per heavy atom. The van der Waals surface area contributed by atoms with Crippen molar-refractivity contribution in [3.8, 4) is 0 Å². The highest BCUT2D eigenvalue weighted by Crippen LogP contribution is 2.78. The van der Waals surface area contributed by atoms with Gasteiger partial charge in [0.2, 0.25) is 0 Å². The van der Waals surface area contributed by atoms with Crippen molar-refractivity contribution >= 4 is 0 Å². The van der Waals surface area contributed by atoms with E-state index in [0.717, 1.165) is 23.7 Å². The van der Waals surface area contributed by atoms with Crippen LogP contribution in [0.15, 0.2) is 0 Å². The van der Waals surface area contributed by atoms with Gasteiger partial charge >= 0.3 is 0 Å². The van der Waals surface area contributed by atoms with Crippen LogP contribution in [-0.4, -0.2) is 51.4 Å². The number of fused-ring (bicyclic) bond motifs is 7. The molecule has 0 aromatic carbocycles. The molecule has 5 rings (SSSR count). The van der Waals surface area contributed by atoms with E-state index in [2.05, 4.69) is 55.4 Å². The van der Waals surface area contributed by atoms with E-state index in [1.165, 1.54) is 64.2 Å². The fourth-order valence-electron chi connectivity index (χ4n) is 13.4. The van der Waals surface area contributed by atoms with Crippen LogP contribution >= 0.6 is 0 Å². The third kappa shape index (κ3) is 4.55. The number of nitrogens with two attached hydrogens (primary N) is 1. The summed E-state index contributed by atoms with van der Waals surface area (Å²) < 4.78 is 0. The van der Waals surface area contributed by atoms with Gasteiger partial charge in [0.15, 0.2) is 0 Å². The maximum Gasteiger partial charge on any atom is 0.109 e.